The van der Waals surface area contributed by atoms with E-state index >= 15 is 0 Å². The molecule has 8 nitrogen and oxygen atoms in total. The molecule has 0 spiro atoms. The molecule has 2 amide bonds. The highest BCUT2D eigenvalue weighted by molar-refractivity contribution is 7.92. The van der Waals surface area contributed by atoms with E-state index in [1.165, 1.54) is 36.2 Å². The van der Waals surface area contributed by atoms with Crippen molar-refractivity contribution < 1.29 is 22.7 Å². The van der Waals surface area contributed by atoms with E-state index in [1.807, 2.05) is 43.3 Å². The summed E-state index contributed by atoms with van der Waals surface area (Å²) < 4.78 is 34.4. The van der Waals surface area contributed by atoms with Crippen LogP contribution in [-0.4, -0.2) is 51.9 Å². The van der Waals surface area contributed by atoms with E-state index in [0.717, 1.165) is 21.0 Å². The number of benzene rings is 4. The number of halogens is 1. The van der Waals surface area contributed by atoms with Crippen molar-refractivity contribution in [2.45, 2.75) is 30.8 Å². The summed E-state index contributed by atoms with van der Waals surface area (Å²) in [4.78, 5) is 29.1. The molecule has 4 rings (SSSR count). The zero-order valence-electron chi connectivity index (χ0n) is 24.2. The SMILES string of the molecule is CNC(=O)C(Cc1ccccc1)N(Cc1cccc(OC)c1)C(=O)CN(c1ccc(C)cc1)S(=O)(=O)c1ccc(Cl)cc1. The fraction of sp³-hybridized carbons (Fsp3) is 0.212. The summed E-state index contributed by atoms with van der Waals surface area (Å²) in [6, 6.07) is 28.3. The molecule has 0 aromatic heterocycles. The third-order valence-corrected chi connectivity index (χ3v) is 9.05. The fourth-order valence-corrected chi connectivity index (χ4v) is 6.20. The lowest BCUT2D eigenvalue weighted by molar-refractivity contribution is -0.139. The molecule has 0 saturated heterocycles. The van der Waals surface area contributed by atoms with Crippen LogP contribution in [0.15, 0.2) is 108 Å². The molecule has 0 fully saturated rings. The van der Waals surface area contributed by atoms with Crippen LogP contribution in [0.1, 0.15) is 16.7 Å². The lowest BCUT2D eigenvalue weighted by atomic mass is 10.0. The number of likely N-dealkylation sites (N-methyl/N-ethyl adjacent to an activating group) is 1. The van der Waals surface area contributed by atoms with Crippen LogP contribution in [-0.2, 0) is 32.6 Å². The average molecular weight is 620 g/mol. The highest BCUT2D eigenvalue weighted by atomic mass is 35.5. The lowest BCUT2D eigenvalue weighted by Crippen LogP contribution is -2.53. The van der Waals surface area contributed by atoms with Crippen molar-refractivity contribution in [3.8, 4) is 5.75 Å². The molecule has 0 aliphatic rings. The number of ether oxygens (including phenoxy) is 1. The molecule has 4 aromatic carbocycles. The minimum atomic E-state index is -4.20. The monoisotopic (exact) mass is 619 g/mol. The van der Waals surface area contributed by atoms with Crippen molar-refractivity contribution >= 4 is 39.1 Å². The summed E-state index contributed by atoms with van der Waals surface area (Å²) in [6.45, 7) is 1.39. The molecule has 43 heavy (non-hydrogen) atoms. The van der Waals surface area contributed by atoms with E-state index in [-0.39, 0.29) is 23.8 Å². The van der Waals surface area contributed by atoms with Gasteiger partial charge in [-0.15, -0.1) is 0 Å². The number of nitrogens with one attached hydrogen (secondary N) is 1. The van der Waals surface area contributed by atoms with Gasteiger partial charge in [-0.2, -0.15) is 0 Å². The van der Waals surface area contributed by atoms with Crippen LogP contribution in [0.25, 0.3) is 0 Å². The maximum atomic E-state index is 14.3. The maximum Gasteiger partial charge on any atom is 0.264 e. The number of amides is 2. The summed E-state index contributed by atoms with van der Waals surface area (Å²) in [7, 11) is -1.14. The van der Waals surface area contributed by atoms with Gasteiger partial charge < -0.3 is 15.0 Å². The van der Waals surface area contributed by atoms with Crippen LogP contribution in [0.3, 0.4) is 0 Å². The molecule has 10 heteroatoms. The number of nitrogens with zero attached hydrogens (tertiary/aromatic N) is 2. The Kier molecular flexibility index (Phi) is 10.4. The summed E-state index contributed by atoms with van der Waals surface area (Å²) in [5, 5.41) is 3.06. The second-order valence-corrected chi connectivity index (χ2v) is 12.3. The molecule has 1 N–H and O–H groups in total. The van der Waals surface area contributed by atoms with Gasteiger partial charge >= 0.3 is 0 Å². The van der Waals surface area contributed by atoms with Crippen molar-refractivity contribution in [3.05, 3.63) is 125 Å². The Morgan fingerprint density at radius 1 is 0.884 bits per heavy atom. The number of anilines is 1. The number of carbonyl (C=O) groups excluding carboxylic acids is 2. The normalized spacial score (nSPS) is 11.8. The first kappa shape index (κ1) is 31.6. The molecule has 224 valence electrons. The Hall–Kier alpha value is -4.34. The molecule has 0 radical (unpaired) electrons. The number of methoxy groups -OCH3 is 1. The van der Waals surface area contributed by atoms with Crippen molar-refractivity contribution in [2.75, 3.05) is 25.0 Å². The first-order valence-electron chi connectivity index (χ1n) is 13.6. The molecular weight excluding hydrogens is 586 g/mol. The molecule has 0 aliphatic heterocycles. The van der Waals surface area contributed by atoms with E-state index in [1.54, 1.807) is 49.6 Å². The largest absolute Gasteiger partial charge is 0.497 e. The van der Waals surface area contributed by atoms with Gasteiger partial charge in [-0.3, -0.25) is 13.9 Å². The van der Waals surface area contributed by atoms with Gasteiger partial charge in [0.05, 0.1) is 17.7 Å². The molecule has 4 aromatic rings. The van der Waals surface area contributed by atoms with E-state index in [0.29, 0.717) is 16.5 Å². The van der Waals surface area contributed by atoms with Gasteiger partial charge in [-0.25, -0.2) is 8.42 Å². The van der Waals surface area contributed by atoms with Gasteiger partial charge in [0.25, 0.3) is 10.0 Å². The van der Waals surface area contributed by atoms with Crippen LogP contribution in [0.5, 0.6) is 5.75 Å². The first-order valence-corrected chi connectivity index (χ1v) is 15.5. The predicted octanol–water partition coefficient (Wildman–Crippen LogP) is 5.24. The molecule has 1 atom stereocenters. The van der Waals surface area contributed by atoms with Crippen molar-refractivity contribution in [2.24, 2.45) is 0 Å². The maximum absolute atomic E-state index is 14.3. The number of rotatable bonds is 12. The van der Waals surface area contributed by atoms with Crippen LogP contribution in [0.4, 0.5) is 5.69 Å². The summed E-state index contributed by atoms with van der Waals surface area (Å²) in [5.41, 5.74) is 2.82. The number of hydrogen-bond acceptors (Lipinski definition) is 5. The minimum Gasteiger partial charge on any atom is -0.497 e. The van der Waals surface area contributed by atoms with Crippen molar-refractivity contribution in [3.63, 3.8) is 0 Å². The van der Waals surface area contributed by atoms with Crippen LogP contribution in [0, 0.1) is 6.92 Å². The fourth-order valence-electron chi connectivity index (χ4n) is 4.66. The summed E-state index contributed by atoms with van der Waals surface area (Å²) in [5.74, 6) is -0.330. The Morgan fingerprint density at radius 3 is 2.16 bits per heavy atom. The molecule has 0 heterocycles. The number of sulfonamides is 1. The second-order valence-electron chi connectivity index (χ2n) is 9.99. The van der Waals surface area contributed by atoms with Gasteiger partial charge in [0.1, 0.15) is 18.3 Å². The van der Waals surface area contributed by atoms with Gasteiger partial charge in [-0.1, -0.05) is 71.8 Å². The van der Waals surface area contributed by atoms with Crippen LogP contribution < -0.4 is 14.4 Å². The zero-order chi connectivity index (χ0) is 31.0. The van der Waals surface area contributed by atoms with E-state index < -0.39 is 28.5 Å². The average Bonchev–Trinajstić information content (AvgIpc) is 3.02. The van der Waals surface area contributed by atoms with Crippen LogP contribution in [0.2, 0.25) is 5.02 Å². The third kappa shape index (κ3) is 7.94. The molecule has 1 unspecified atom stereocenters. The van der Waals surface area contributed by atoms with Gasteiger partial charge in [0, 0.05) is 25.0 Å². The summed E-state index contributed by atoms with van der Waals surface area (Å²) in [6.07, 6.45) is 0.227. The minimum absolute atomic E-state index is 0.0169. The van der Waals surface area contributed by atoms with E-state index in [4.69, 9.17) is 16.3 Å². The molecule has 0 bridgehead atoms. The van der Waals surface area contributed by atoms with Gasteiger partial charge in [-0.05, 0) is 66.6 Å². The van der Waals surface area contributed by atoms with Gasteiger partial charge in [0.2, 0.25) is 11.8 Å². The molecular formula is C33H34ClN3O5S. The Morgan fingerprint density at radius 2 is 1.53 bits per heavy atom. The topological polar surface area (TPSA) is 96.0 Å². The third-order valence-electron chi connectivity index (χ3n) is 7.01. The Balaban J connectivity index is 1.79. The van der Waals surface area contributed by atoms with Gasteiger partial charge in [0.15, 0.2) is 0 Å². The zero-order valence-corrected chi connectivity index (χ0v) is 25.8. The Bertz CT molecular complexity index is 1650. The van der Waals surface area contributed by atoms with E-state index in [9.17, 15) is 18.0 Å². The second kappa shape index (κ2) is 14.2. The number of carbonyl (C=O) groups is 2. The standard InChI is InChI=1S/C33H34ClN3O5S/c1-24-12-16-28(17-13-24)37(43(40,41)30-18-14-27(34)15-19-30)23-32(38)36(22-26-10-7-11-29(20-26)42-3)31(33(39)35-2)21-25-8-5-4-6-9-25/h4-20,31H,21-23H2,1-3H3,(H,35,39). The number of hydrogen-bond donors (Lipinski definition) is 1. The van der Waals surface area contributed by atoms with Crippen LogP contribution >= 0.6 is 11.6 Å². The summed E-state index contributed by atoms with van der Waals surface area (Å²) >= 11 is 6.03. The quantitative estimate of drug-likeness (QED) is 0.234. The van der Waals surface area contributed by atoms with Crippen molar-refractivity contribution in [1.82, 2.24) is 10.2 Å². The molecule has 0 aliphatic carbocycles. The highest BCUT2D eigenvalue weighted by Gasteiger charge is 2.34. The smallest absolute Gasteiger partial charge is 0.264 e. The molecule has 0 saturated carbocycles. The lowest BCUT2D eigenvalue weighted by Gasteiger charge is -2.33. The highest BCUT2D eigenvalue weighted by Crippen LogP contribution is 2.26. The van der Waals surface area contributed by atoms with Crippen molar-refractivity contribution in [1.29, 1.82) is 0 Å². The predicted molar refractivity (Wildman–Crippen MR) is 169 cm³/mol. The first-order chi connectivity index (χ1) is 20.6. The van der Waals surface area contributed by atoms with E-state index in [2.05, 4.69) is 5.32 Å². The number of aryl methyl sites for hydroxylation is 1. The Labute approximate surface area is 257 Å².